The third-order valence-electron chi connectivity index (χ3n) is 7.31. The molecule has 3 amide bonds. The Kier molecular flexibility index (Phi) is 9.55. The molecule has 0 radical (unpaired) electrons. The summed E-state index contributed by atoms with van der Waals surface area (Å²) in [5.41, 5.74) is 0.641. The number of carbonyl (C=O) groups is 4. The van der Waals surface area contributed by atoms with Gasteiger partial charge in [0.15, 0.2) is 5.92 Å². The molecule has 0 bridgehead atoms. The molecule has 41 heavy (non-hydrogen) atoms. The zero-order valence-corrected chi connectivity index (χ0v) is 23.7. The van der Waals surface area contributed by atoms with E-state index in [0.717, 1.165) is 6.42 Å². The Morgan fingerprint density at radius 3 is 1.51 bits per heavy atom. The zero-order valence-electron chi connectivity index (χ0n) is 23.7. The Morgan fingerprint density at radius 1 is 0.732 bits per heavy atom. The maximum Gasteiger partial charge on any atom is 0.328 e. The van der Waals surface area contributed by atoms with Crippen molar-refractivity contribution in [2.45, 2.75) is 45.2 Å². The van der Waals surface area contributed by atoms with E-state index in [1.165, 1.54) is 9.80 Å². The van der Waals surface area contributed by atoms with E-state index >= 15 is 0 Å². The van der Waals surface area contributed by atoms with Crippen LogP contribution in [0, 0.1) is 5.92 Å². The number of esters is 2. The highest BCUT2D eigenvalue weighted by molar-refractivity contribution is 6.11. The Balaban J connectivity index is 2.03. The van der Waals surface area contributed by atoms with Crippen LogP contribution in [-0.4, -0.2) is 59.5 Å². The first kappa shape index (κ1) is 29.5. The van der Waals surface area contributed by atoms with Crippen LogP contribution in [0.5, 0.6) is 0 Å². The van der Waals surface area contributed by atoms with Gasteiger partial charge in [0.1, 0.15) is 11.6 Å². The molecule has 8 nitrogen and oxygen atoms in total. The van der Waals surface area contributed by atoms with Crippen LogP contribution < -0.4 is 0 Å². The summed E-state index contributed by atoms with van der Waals surface area (Å²) in [5.74, 6) is -4.10. The fraction of sp³-hybridized carbons (Fsp3) is 0.333. The van der Waals surface area contributed by atoms with Gasteiger partial charge >= 0.3 is 18.0 Å². The predicted octanol–water partition coefficient (Wildman–Crippen LogP) is 5.15. The number of imide groups is 1. The second-order valence-electron chi connectivity index (χ2n) is 9.74. The molecule has 214 valence electrons. The average molecular weight is 557 g/mol. The number of rotatable bonds is 12. The summed E-state index contributed by atoms with van der Waals surface area (Å²) >= 11 is 0. The molecule has 1 heterocycles. The Hall–Kier alpha value is -4.46. The van der Waals surface area contributed by atoms with Crippen LogP contribution >= 0.6 is 0 Å². The number of ether oxygens (including phenoxy) is 2. The van der Waals surface area contributed by atoms with E-state index in [2.05, 4.69) is 0 Å². The van der Waals surface area contributed by atoms with Crippen molar-refractivity contribution >= 4 is 23.9 Å². The molecule has 3 aromatic carbocycles. The number of urea groups is 1. The molecule has 0 aromatic heterocycles. The molecular formula is C33H36N2O6. The van der Waals surface area contributed by atoms with E-state index in [1.807, 2.05) is 97.9 Å². The number of nitrogens with zero attached hydrogens (tertiary/aromatic N) is 2. The topological polar surface area (TPSA) is 93.2 Å². The Bertz CT molecular complexity index is 1230. The number of benzene rings is 3. The third-order valence-corrected chi connectivity index (χ3v) is 7.31. The minimum atomic E-state index is -1.63. The molecule has 0 spiro atoms. The summed E-state index contributed by atoms with van der Waals surface area (Å²) < 4.78 is 10.5. The lowest BCUT2D eigenvalue weighted by Gasteiger charge is -2.42. The fourth-order valence-electron chi connectivity index (χ4n) is 5.55. The van der Waals surface area contributed by atoms with Crippen molar-refractivity contribution in [3.8, 4) is 0 Å². The monoisotopic (exact) mass is 556 g/mol. The van der Waals surface area contributed by atoms with Crippen LogP contribution in [-0.2, 0) is 29.4 Å². The molecule has 0 N–H and O–H groups in total. The van der Waals surface area contributed by atoms with E-state index in [0.29, 0.717) is 23.1 Å². The van der Waals surface area contributed by atoms with Crippen molar-refractivity contribution in [2.75, 3.05) is 19.8 Å². The Labute approximate surface area is 240 Å². The van der Waals surface area contributed by atoms with Gasteiger partial charge in [-0.2, -0.15) is 0 Å². The molecule has 4 rings (SSSR count). The normalized spacial score (nSPS) is 15.4. The number of hydrogen-bond donors (Lipinski definition) is 0. The molecular weight excluding hydrogens is 520 g/mol. The summed E-state index contributed by atoms with van der Waals surface area (Å²) in [6.07, 6.45) is 1.30. The molecule has 1 saturated heterocycles. The maximum absolute atomic E-state index is 14.8. The average Bonchev–Trinajstić information content (AvgIpc) is 3.23. The van der Waals surface area contributed by atoms with Crippen LogP contribution in [0.4, 0.5) is 4.79 Å². The first-order valence-corrected chi connectivity index (χ1v) is 14.1. The number of amides is 3. The van der Waals surface area contributed by atoms with Gasteiger partial charge in [0, 0.05) is 6.54 Å². The first-order chi connectivity index (χ1) is 19.9. The van der Waals surface area contributed by atoms with Crippen molar-refractivity contribution < 1.29 is 28.7 Å². The standard InChI is InChI=1S/C33H36N2O6/c1-4-7-23-34-28(27(30(37)40-5-2)31(38)41-6-3)29(36)35(32(34)39)33(24-17-11-8-12-18-24,25-19-13-9-14-20-25)26-21-15-10-16-22-26/h8-22,27-28H,4-7,23H2,1-3H3. The van der Waals surface area contributed by atoms with Gasteiger partial charge in [-0.3, -0.25) is 14.4 Å². The van der Waals surface area contributed by atoms with Crippen LogP contribution in [0.3, 0.4) is 0 Å². The van der Waals surface area contributed by atoms with E-state index in [9.17, 15) is 19.2 Å². The number of hydrogen-bond acceptors (Lipinski definition) is 6. The van der Waals surface area contributed by atoms with Gasteiger partial charge in [-0.05, 0) is 37.0 Å². The van der Waals surface area contributed by atoms with Gasteiger partial charge in [0.05, 0.1) is 13.2 Å². The minimum absolute atomic E-state index is 0.00422. The van der Waals surface area contributed by atoms with E-state index in [4.69, 9.17) is 9.47 Å². The lowest BCUT2D eigenvalue weighted by Crippen LogP contribution is -2.53. The third kappa shape index (κ3) is 5.46. The highest BCUT2D eigenvalue weighted by Gasteiger charge is 2.61. The lowest BCUT2D eigenvalue weighted by atomic mass is 9.75. The highest BCUT2D eigenvalue weighted by atomic mass is 16.6. The van der Waals surface area contributed by atoms with Gasteiger partial charge in [-0.1, -0.05) is 104 Å². The molecule has 3 aromatic rings. The molecule has 1 fully saturated rings. The van der Waals surface area contributed by atoms with Gasteiger partial charge in [0.25, 0.3) is 5.91 Å². The summed E-state index contributed by atoms with van der Waals surface area (Å²) in [4.78, 5) is 58.4. The smallest absolute Gasteiger partial charge is 0.328 e. The van der Waals surface area contributed by atoms with Crippen LogP contribution in [0.15, 0.2) is 91.0 Å². The van der Waals surface area contributed by atoms with Crippen LogP contribution in [0.25, 0.3) is 0 Å². The Morgan fingerprint density at radius 2 is 1.15 bits per heavy atom. The van der Waals surface area contributed by atoms with Crippen LogP contribution in [0.2, 0.25) is 0 Å². The highest BCUT2D eigenvalue weighted by Crippen LogP contribution is 2.46. The van der Waals surface area contributed by atoms with E-state index in [1.54, 1.807) is 13.8 Å². The number of unbranched alkanes of at least 4 members (excludes halogenated alkanes) is 1. The van der Waals surface area contributed by atoms with Crippen molar-refractivity contribution in [1.82, 2.24) is 9.80 Å². The molecule has 1 atom stereocenters. The molecule has 8 heteroatoms. The summed E-state index contributed by atoms with van der Waals surface area (Å²) in [6, 6.07) is 25.9. The molecule has 1 aliphatic heterocycles. The molecule has 1 aliphatic rings. The predicted molar refractivity (Wildman–Crippen MR) is 154 cm³/mol. The quantitative estimate of drug-likeness (QED) is 0.133. The van der Waals surface area contributed by atoms with Gasteiger partial charge < -0.3 is 14.4 Å². The second-order valence-corrected chi connectivity index (χ2v) is 9.74. The fourth-order valence-corrected chi connectivity index (χ4v) is 5.55. The van der Waals surface area contributed by atoms with Gasteiger partial charge in [-0.25, -0.2) is 9.69 Å². The van der Waals surface area contributed by atoms with Gasteiger partial charge in [0.2, 0.25) is 0 Å². The van der Waals surface area contributed by atoms with Crippen LogP contribution in [0.1, 0.15) is 50.3 Å². The lowest BCUT2D eigenvalue weighted by molar-refractivity contribution is -0.166. The zero-order chi connectivity index (χ0) is 29.4. The second kappa shape index (κ2) is 13.3. The van der Waals surface area contributed by atoms with Crippen molar-refractivity contribution in [2.24, 2.45) is 5.92 Å². The summed E-state index contributed by atoms with van der Waals surface area (Å²) in [7, 11) is 0. The van der Waals surface area contributed by atoms with Crippen molar-refractivity contribution in [3.05, 3.63) is 108 Å². The molecule has 0 aliphatic carbocycles. The van der Waals surface area contributed by atoms with Crippen molar-refractivity contribution in [1.29, 1.82) is 0 Å². The van der Waals surface area contributed by atoms with E-state index < -0.39 is 41.4 Å². The van der Waals surface area contributed by atoms with Crippen molar-refractivity contribution in [3.63, 3.8) is 0 Å². The molecule has 1 unspecified atom stereocenters. The number of carbonyl (C=O) groups excluding carboxylic acids is 4. The summed E-state index contributed by atoms with van der Waals surface area (Å²) in [6.45, 7) is 5.38. The minimum Gasteiger partial charge on any atom is -0.465 e. The summed E-state index contributed by atoms with van der Waals surface area (Å²) in [5, 5.41) is 0. The first-order valence-electron chi connectivity index (χ1n) is 14.1. The maximum atomic E-state index is 14.8. The SMILES string of the molecule is CCCCN1C(=O)N(C(c2ccccc2)(c2ccccc2)c2ccccc2)C(=O)C1C(C(=O)OCC)C(=O)OCC. The van der Waals surface area contributed by atoms with E-state index in [-0.39, 0.29) is 19.8 Å². The largest absolute Gasteiger partial charge is 0.465 e. The molecule has 0 saturated carbocycles. The van der Waals surface area contributed by atoms with Gasteiger partial charge in [-0.15, -0.1) is 0 Å².